The Bertz CT molecular complexity index is 309. The summed E-state index contributed by atoms with van der Waals surface area (Å²) in [7, 11) is 0. The molecule has 1 aromatic heterocycles. The van der Waals surface area contributed by atoms with E-state index in [1.165, 1.54) is 0 Å². The van der Waals surface area contributed by atoms with Crippen LogP contribution in [0.5, 0.6) is 0 Å². The highest BCUT2D eigenvalue weighted by Gasteiger charge is 2.17. The highest BCUT2D eigenvalue weighted by molar-refractivity contribution is 5.75. The molecular formula is C9H15N3O. The minimum absolute atomic E-state index is 0.00492. The number of nitrogens with zero attached hydrogens (tertiary/aromatic N) is 3. The fraction of sp³-hybridized carbons (Fsp3) is 0.667. The maximum atomic E-state index is 10.8. The first-order chi connectivity index (χ1) is 5.89. The third-order valence-electron chi connectivity index (χ3n) is 1.69. The molecule has 0 saturated carbocycles. The van der Waals surface area contributed by atoms with E-state index in [1.54, 1.807) is 11.6 Å². The van der Waals surface area contributed by atoms with Crippen molar-refractivity contribution >= 4 is 5.78 Å². The predicted octanol–water partition coefficient (Wildman–Crippen LogP) is 1.16. The molecule has 4 heteroatoms. The Labute approximate surface area is 77.9 Å². The molecule has 0 radical (unpaired) electrons. The molecule has 0 spiro atoms. The van der Waals surface area contributed by atoms with Crippen molar-refractivity contribution in [3.8, 4) is 0 Å². The van der Waals surface area contributed by atoms with Gasteiger partial charge in [-0.25, -0.2) is 4.68 Å². The molecule has 4 nitrogen and oxygen atoms in total. The van der Waals surface area contributed by atoms with E-state index < -0.39 is 0 Å². The summed E-state index contributed by atoms with van der Waals surface area (Å²) in [5.74, 6) is 0.0883. The Kier molecular flexibility index (Phi) is 2.50. The lowest BCUT2D eigenvalue weighted by atomic mass is 9.93. The average molecular weight is 181 g/mol. The van der Waals surface area contributed by atoms with Gasteiger partial charge in [-0.2, -0.15) is 0 Å². The molecule has 0 aromatic carbocycles. The van der Waals surface area contributed by atoms with E-state index in [0.717, 1.165) is 5.69 Å². The van der Waals surface area contributed by atoms with Crippen LogP contribution >= 0.6 is 0 Å². The van der Waals surface area contributed by atoms with Gasteiger partial charge in [-0.1, -0.05) is 26.0 Å². The molecule has 1 rings (SSSR count). The van der Waals surface area contributed by atoms with Crippen LogP contribution in [-0.4, -0.2) is 20.8 Å². The van der Waals surface area contributed by atoms with Gasteiger partial charge in [-0.15, -0.1) is 5.10 Å². The van der Waals surface area contributed by atoms with E-state index in [2.05, 4.69) is 31.1 Å². The quantitative estimate of drug-likeness (QED) is 0.688. The summed E-state index contributed by atoms with van der Waals surface area (Å²) in [4.78, 5) is 10.8. The number of Topliss-reactive ketones (excluding diaryl/α,β-unsaturated/α-hetero) is 1. The van der Waals surface area contributed by atoms with Crippen LogP contribution in [0.15, 0.2) is 6.20 Å². The van der Waals surface area contributed by atoms with Crippen LogP contribution in [0, 0.1) is 0 Å². The molecule has 0 saturated heterocycles. The molecular weight excluding hydrogens is 166 g/mol. The minimum atomic E-state index is -0.00492. The zero-order valence-corrected chi connectivity index (χ0v) is 8.53. The summed E-state index contributed by atoms with van der Waals surface area (Å²) in [6, 6.07) is 0. The van der Waals surface area contributed by atoms with Crippen LogP contribution in [0.4, 0.5) is 0 Å². The van der Waals surface area contributed by atoms with Gasteiger partial charge in [0, 0.05) is 11.6 Å². The first kappa shape index (κ1) is 9.89. The Balaban J connectivity index is 2.81. The number of hydrogen-bond donors (Lipinski definition) is 0. The maximum Gasteiger partial charge on any atom is 0.151 e. The molecule has 13 heavy (non-hydrogen) atoms. The lowest BCUT2D eigenvalue weighted by molar-refractivity contribution is -0.117. The molecule has 0 aliphatic heterocycles. The van der Waals surface area contributed by atoms with Gasteiger partial charge in [0.25, 0.3) is 0 Å². The molecule has 0 atom stereocenters. The third kappa shape index (κ3) is 2.65. The van der Waals surface area contributed by atoms with E-state index >= 15 is 0 Å². The number of aromatic nitrogens is 3. The van der Waals surface area contributed by atoms with Gasteiger partial charge < -0.3 is 0 Å². The van der Waals surface area contributed by atoms with Gasteiger partial charge in [-0.05, 0) is 6.92 Å². The van der Waals surface area contributed by atoms with Crippen LogP contribution in [0.1, 0.15) is 33.4 Å². The molecule has 0 amide bonds. The molecule has 72 valence electrons. The van der Waals surface area contributed by atoms with E-state index in [-0.39, 0.29) is 11.2 Å². The second kappa shape index (κ2) is 3.28. The monoisotopic (exact) mass is 181 g/mol. The van der Waals surface area contributed by atoms with Crippen molar-refractivity contribution in [3.05, 3.63) is 11.9 Å². The van der Waals surface area contributed by atoms with Crippen LogP contribution in [-0.2, 0) is 16.8 Å². The number of carbonyl (C=O) groups is 1. The summed E-state index contributed by atoms with van der Waals surface area (Å²) in [6.07, 6.45) is 1.82. The highest BCUT2D eigenvalue weighted by Crippen LogP contribution is 2.18. The van der Waals surface area contributed by atoms with Crippen LogP contribution < -0.4 is 0 Å². The van der Waals surface area contributed by atoms with Crippen LogP contribution in [0.2, 0.25) is 0 Å². The highest BCUT2D eigenvalue weighted by atomic mass is 16.1. The van der Waals surface area contributed by atoms with Crippen molar-refractivity contribution in [2.75, 3.05) is 0 Å². The van der Waals surface area contributed by atoms with Crippen molar-refractivity contribution in [1.82, 2.24) is 15.0 Å². The fourth-order valence-corrected chi connectivity index (χ4v) is 0.947. The van der Waals surface area contributed by atoms with E-state index in [1.807, 2.05) is 6.20 Å². The lowest BCUT2D eigenvalue weighted by Gasteiger charge is -2.12. The first-order valence-electron chi connectivity index (χ1n) is 4.29. The molecule has 1 heterocycles. The zero-order valence-electron chi connectivity index (χ0n) is 8.53. The molecule has 0 aliphatic carbocycles. The van der Waals surface area contributed by atoms with Crippen molar-refractivity contribution in [2.45, 2.75) is 39.7 Å². The van der Waals surface area contributed by atoms with Crippen molar-refractivity contribution in [1.29, 1.82) is 0 Å². The molecule has 0 N–H and O–H groups in total. The van der Waals surface area contributed by atoms with Crippen LogP contribution in [0.3, 0.4) is 0 Å². The van der Waals surface area contributed by atoms with Gasteiger partial charge in [0.1, 0.15) is 6.54 Å². The molecule has 0 aliphatic rings. The standard InChI is InChI=1S/C9H15N3O/c1-7(13)5-12-6-8(10-11-12)9(2,3)4/h6H,5H2,1-4H3. The second-order valence-electron chi connectivity index (χ2n) is 4.25. The van der Waals surface area contributed by atoms with E-state index in [9.17, 15) is 4.79 Å². The first-order valence-corrected chi connectivity index (χ1v) is 4.29. The largest absolute Gasteiger partial charge is 0.298 e. The van der Waals surface area contributed by atoms with Gasteiger partial charge in [0.15, 0.2) is 5.78 Å². The maximum absolute atomic E-state index is 10.8. The number of carbonyl (C=O) groups excluding carboxylic acids is 1. The number of hydrogen-bond acceptors (Lipinski definition) is 3. The van der Waals surface area contributed by atoms with Gasteiger partial charge in [0.05, 0.1) is 5.69 Å². The van der Waals surface area contributed by atoms with E-state index in [0.29, 0.717) is 6.54 Å². The Morgan fingerprint density at radius 2 is 2.15 bits per heavy atom. The smallest absolute Gasteiger partial charge is 0.151 e. The molecule has 0 unspecified atom stereocenters. The minimum Gasteiger partial charge on any atom is -0.298 e. The molecule has 1 aromatic rings. The average Bonchev–Trinajstić information content (AvgIpc) is 2.32. The predicted molar refractivity (Wildman–Crippen MR) is 49.4 cm³/mol. The summed E-state index contributed by atoms with van der Waals surface area (Å²) >= 11 is 0. The van der Waals surface area contributed by atoms with Crippen molar-refractivity contribution in [2.24, 2.45) is 0 Å². The SMILES string of the molecule is CC(=O)Cn1cc(C(C)(C)C)nn1. The normalized spacial score (nSPS) is 11.7. The fourth-order valence-electron chi connectivity index (χ4n) is 0.947. The molecule has 0 fully saturated rings. The van der Waals surface area contributed by atoms with Gasteiger partial charge >= 0.3 is 0 Å². The van der Waals surface area contributed by atoms with Crippen molar-refractivity contribution in [3.63, 3.8) is 0 Å². The number of rotatable bonds is 2. The van der Waals surface area contributed by atoms with Crippen molar-refractivity contribution < 1.29 is 4.79 Å². The second-order valence-corrected chi connectivity index (χ2v) is 4.25. The number of ketones is 1. The van der Waals surface area contributed by atoms with Gasteiger partial charge in [-0.3, -0.25) is 4.79 Å². The summed E-state index contributed by atoms with van der Waals surface area (Å²) in [5, 5.41) is 7.87. The van der Waals surface area contributed by atoms with E-state index in [4.69, 9.17) is 0 Å². The summed E-state index contributed by atoms with van der Waals surface area (Å²) < 4.78 is 1.57. The summed E-state index contributed by atoms with van der Waals surface area (Å²) in [6.45, 7) is 8.04. The molecule has 0 bridgehead atoms. The summed E-state index contributed by atoms with van der Waals surface area (Å²) in [5.41, 5.74) is 0.906. The Hall–Kier alpha value is -1.19. The lowest BCUT2D eigenvalue weighted by Crippen LogP contribution is -2.11. The third-order valence-corrected chi connectivity index (χ3v) is 1.69. The zero-order chi connectivity index (χ0) is 10.1. The topological polar surface area (TPSA) is 47.8 Å². The van der Waals surface area contributed by atoms with Gasteiger partial charge in [0.2, 0.25) is 0 Å². The Morgan fingerprint density at radius 1 is 1.54 bits per heavy atom. The van der Waals surface area contributed by atoms with Crippen LogP contribution in [0.25, 0.3) is 0 Å². The Morgan fingerprint density at radius 3 is 2.54 bits per heavy atom.